The number of carboxylic acids is 1. The van der Waals surface area contributed by atoms with Gasteiger partial charge in [0.25, 0.3) is 0 Å². The Morgan fingerprint density at radius 1 is 1.00 bits per heavy atom. The van der Waals surface area contributed by atoms with Crippen LogP contribution >= 0.6 is 11.3 Å². The monoisotopic (exact) mass is 489 g/mol. The van der Waals surface area contributed by atoms with E-state index in [1.54, 1.807) is 7.11 Å². The Balaban J connectivity index is 1.65. The Morgan fingerprint density at radius 2 is 1.62 bits per heavy atom. The van der Waals surface area contributed by atoms with E-state index in [9.17, 15) is 14.7 Å². The largest absolute Gasteiger partial charge is 0.477 e. The van der Waals surface area contributed by atoms with Gasteiger partial charge in [-0.3, -0.25) is 4.79 Å². The first-order valence-electron chi connectivity index (χ1n) is 13.4. The summed E-state index contributed by atoms with van der Waals surface area (Å²) in [7, 11) is 1.76. The van der Waals surface area contributed by atoms with Crippen LogP contribution in [0.2, 0.25) is 0 Å². The first kappa shape index (κ1) is 25.7. The van der Waals surface area contributed by atoms with Crippen molar-refractivity contribution in [1.82, 2.24) is 0 Å². The molecule has 0 atom stereocenters. The summed E-state index contributed by atoms with van der Waals surface area (Å²) in [6, 6.07) is 2.15. The standard InChI is InChI=1S/C28H43NO4S/c1-18-5-7-20(8-6-18)26(30)29(21-9-11-22(33-4)12-10-21)23-17-24(34-25(23)27(31)32)19-13-15-28(2,3)16-14-19/h17-22H,5-16H2,1-4H3,(H,31,32)/t18-,20-,21-,22-. The third-order valence-corrected chi connectivity index (χ3v) is 10.1. The van der Waals surface area contributed by atoms with E-state index in [0.717, 1.165) is 81.9 Å². The highest BCUT2D eigenvalue weighted by molar-refractivity contribution is 7.14. The molecule has 5 nitrogen and oxygen atoms in total. The molecule has 1 aromatic heterocycles. The average molecular weight is 490 g/mol. The van der Waals surface area contributed by atoms with Crippen molar-refractivity contribution in [3.63, 3.8) is 0 Å². The predicted molar refractivity (Wildman–Crippen MR) is 138 cm³/mol. The third-order valence-electron chi connectivity index (χ3n) is 8.87. The molecule has 1 N–H and O–H groups in total. The fraction of sp³-hybridized carbons (Fsp3) is 0.786. The van der Waals surface area contributed by atoms with Gasteiger partial charge in [-0.25, -0.2) is 4.79 Å². The van der Waals surface area contributed by atoms with Crippen LogP contribution in [0.4, 0.5) is 5.69 Å². The number of carboxylic acid groups (broad SMARTS) is 1. The number of rotatable bonds is 6. The summed E-state index contributed by atoms with van der Waals surface area (Å²) < 4.78 is 5.58. The second-order valence-corrected chi connectivity index (χ2v) is 13.0. The van der Waals surface area contributed by atoms with Gasteiger partial charge in [-0.15, -0.1) is 11.3 Å². The lowest BCUT2D eigenvalue weighted by Crippen LogP contribution is -2.47. The molecule has 0 aliphatic heterocycles. The number of hydrogen-bond donors (Lipinski definition) is 1. The molecule has 0 spiro atoms. The maximum atomic E-state index is 14.0. The molecule has 1 amide bonds. The fourth-order valence-corrected chi connectivity index (χ4v) is 7.51. The number of thiophene rings is 1. The molecule has 1 heterocycles. The van der Waals surface area contributed by atoms with E-state index in [4.69, 9.17) is 4.74 Å². The molecule has 1 aromatic rings. The SMILES string of the molecule is CO[C@H]1CC[C@H](N(c2cc(C3CCC(C)(C)CC3)sc2C(=O)O)C(=O)[C@H]2CC[C@H](C)CC2)CC1. The fourth-order valence-electron chi connectivity index (χ4n) is 6.36. The lowest BCUT2D eigenvalue weighted by molar-refractivity contribution is -0.124. The number of amides is 1. The molecule has 6 heteroatoms. The van der Waals surface area contributed by atoms with Gasteiger partial charge in [0.15, 0.2) is 0 Å². The van der Waals surface area contributed by atoms with Crippen LogP contribution in [0, 0.1) is 17.3 Å². The number of anilines is 1. The quantitative estimate of drug-likeness (QED) is 0.457. The van der Waals surface area contributed by atoms with E-state index in [0.29, 0.717) is 27.8 Å². The van der Waals surface area contributed by atoms with Crippen molar-refractivity contribution in [3.05, 3.63) is 15.8 Å². The molecule has 0 bridgehead atoms. The highest BCUT2D eigenvalue weighted by atomic mass is 32.1. The van der Waals surface area contributed by atoms with Crippen molar-refractivity contribution >= 4 is 28.9 Å². The minimum absolute atomic E-state index is 0.0109. The van der Waals surface area contributed by atoms with E-state index in [1.807, 2.05) is 4.90 Å². The van der Waals surface area contributed by atoms with Gasteiger partial charge in [0.2, 0.25) is 5.91 Å². The van der Waals surface area contributed by atoms with Crippen LogP contribution in [0.5, 0.6) is 0 Å². The van der Waals surface area contributed by atoms with Gasteiger partial charge < -0.3 is 14.7 Å². The zero-order valence-electron chi connectivity index (χ0n) is 21.5. The summed E-state index contributed by atoms with van der Waals surface area (Å²) in [4.78, 5) is 29.9. The smallest absolute Gasteiger partial charge is 0.348 e. The van der Waals surface area contributed by atoms with Crippen molar-refractivity contribution in [1.29, 1.82) is 0 Å². The number of aromatic carboxylic acids is 1. The Morgan fingerprint density at radius 3 is 2.18 bits per heavy atom. The van der Waals surface area contributed by atoms with Crippen molar-refractivity contribution in [2.45, 2.75) is 116 Å². The van der Waals surface area contributed by atoms with Crippen LogP contribution in [0.25, 0.3) is 0 Å². The number of nitrogens with zero attached hydrogens (tertiary/aromatic N) is 1. The molecular weight excluding hydrogens is 446 g/mol. The summed E-state index contributed by atoms with van der Waals surface area (Å²) in [5, 5.41) is 10.2. The molecule has 4 rings (SSSR count). The molecular formula is C28H43NO4S. The van der Waals surface area contributed by atoms with Crippen molar-refractivity contribution in [2.24, 2.45) is 17.3 Å². The lowest BCUT2D eigenvalue weighted by Gasteiger charge is -2.39. The summed E-state index contributed by atoms with van der Waals surface area (Å²) in [5.41, 5.74) is 1.04. The molecule has 0 unspecified atom stereocenters. The summed E-state index contributed by atoms with van der Waals surface area (Å²) >= 11 is 1.42. The first-order chi connectivity index (χ1) is 16.2. The minimum Gasteiger partial charge on any atom is -0.477 e. The van der Waals surface area contributed by atoms with Gasteiger partial charge in [0, 0.05) is 23.9 Å². The lowest BCUT2D eigenvalue weighted by atomic mass is 9.73. The van der Waals surface area contributed by atoms with E-state index in [-0.39, 0.29) is 24.0 Å². The Bertz CT molecular complexity index is 852. The number of methoxy groups -OCH3 is 1. The van der Waals surface area contributed by atoms with Crippen LogP contribution in [-0.4, -0.2) is 36.2 Å². The highest BCUT2D eigenvalue weighted by Gasteiger charge is 2.38. The van der Waals surface area contributed by atoms with Crippen LogP contribution in [0.3, 0.4) is 0 Å². The molecule has 0 saturated heterocycles. The molecule has 3 aliphatic rings. The number of carbonyl (C=O) groups excluding carboxylic acids is 1. The van der Waals surface area contributed by atoms with E-state index in [2.05, 4.69) is 26.8 Å². The topological polar surface area (TPSA) is 66.8 Å². The van der Waals surface area contributed by atoms with Crippen LogP contribution in [0.1, 0.15) is 118 Å². The van der Waals surface area contributed by atoms with E-state index in [1.165, 1.54) is 11.3 Å². The van der Waals surface area contributed by atoms with Crippen molar-refractivity contribution in [3.8, 4) is 0 Å². The van der Waals surface area contributed by atoms with Gasteiger partial charge in [0.1, 0.15) is 4.88 Å². The molecule has 0 radical (unpaired) electrons. The maximum Gasteiger partial charge on any atom is 0.348 e. The van der Waals surface area contributed by atoms with Crippen LogP contribution in [0.15, 0.2) is 6.07 Å². The van der Waals surface area contributed by atoms with Gasteiger partial charge in [-0.05, 0) is 100 Å². The van der Waals surface area contributed by atoms with Gasteiger partial charge in [-0.1, -0.05) is 20.8 Å². The molecule has 3 fully saturated rings. The summed E-state index contributed by atoms with van der Waals surface area (Å²) in [6.45, 7) is 6.92. The number of carbonyl (C=O) groups is 2. The molecule has 34 heavy (non-hydrogen) atoms. The molecule has 3 aliphatic carbocycles. The van der Waals surface area contributed by atoms with Crippen molar-refractivity contribution in [2.75, 3.05) is 12.0 Å². The second kappa shape index (κ2) is 10.7. The Labute approximate surface area is 209 Å². The normalized spacial score (nSPS) is 30.1. The molecule has 190 valence electrons. The highest BCUT2D eigenvalue weighted by Crippen LogP contribution is 2.47. The third kappa shape index (κ3) is 5.70. The zero-order chi connectivity index (χ0) is 24.5. The van der Waals surface area contributed by atoms with Gasteiger partial charge in [-0.2, -0.15) is 0 Å². The van der Waals surface area contributed by atoms with Crippen LogP contribution < -0.4 is 4.90 Å². The minimum atomic E-state index is -0.900. The summed E-state index contributed by atoms with van der Waals surface area (Å²) in [6.07, 6.45) is 12.3. The van der Waals surface area contributed by atoms with E-state index < -0.39 is 5.97 Å². The molecule has 3 saturated carbocycles. The first-order valence-corrected chi connectivity index (χ1v) is 14.2. The predicted octanol–water partition coefficient (Wildman–Crippen LogP) is 7.25. The van der Waals surface area contributed by atoms with Gasteiger partial charge in [0.05, 0.1) is 11.8 Å². The van der Waals surface area contributed by atoms with E-state index >= 15 is 0 Å². The van der Waals surface area contributed by atoms with Crippen molar-refractivity contribution < 1.29 is 19.4 Å². The number of hydrogen-bond acceptors (Lipinski definition) is 4. The summed E-state index contributed by atoms with van der Waals surface area (Å²) in [5.74, 6) is 0.346. The van der Waals surface area contributed by atoms with Crippen LogP contribution in [-0.2, 0) is 9.53 Å². The number of ether oxygens (including phenoxy) is 1. The Hall–Kier alpha value is -1.40. The average Bonchev–Trinajstić information content (AvgIpc) is 3.25. The Kier molecular flexibility index (Phi) is 8.08. The second-order valence-electron chi connectivity index (χ2n) is 11.9. The zero-order valence-corrected chi connectivity index (χ0v) is 22.3. The van der Waals surface area contributed by atoms with Gasteiger partial charge >= 0.3 is 5.97 Å². The maximum absolute atomic E-state index is 14.0. The molecule has 0 aromatic carbocycles.